The second kappa shape index (κ2) is 13.3. The molecule has 1 spiro atoms. The molecule has 12 heteroatoms. The summed E-state index contributed by atoms with van der Waals surface area (Å²) in [6.07, 6.45) is -0.106. The summed E-state index contributed by atoms with van der Waals surface area (Å²) in [4.78, 5) is 28.4. The molecule has 246 valence electrons. The van der Waals surface area contributed by atoms with Crippen molar-refractivity contribution in [2.24, 2.45) is 0 Å². The van der Waals surface area contributed by atoms with Crippen LogP contribution in [-0.4, -0.2) is 89.9 Å². The van der Waals surface area contributed by atoms with Gasteiger partial charge in [0.15, 0.2) is 0 Å². The summed E-state index contributed by atoms with van der Waals surface area (Å²) in [6, 6.07) is 8.79. The number of anilines is 1. The zero-order valence-electron chi connectivity index (χ0n) is 30.5. The molecule has 1 saturated carbocycles. The maximum absolute atomic E-state index is 14.5. The number of carbonyl (C=O) groups is 2. The van der Waals surface area contributed by atoms with E-state index in [-0.39, 0.29) is 73.9 Å². The molecule has 2 aliphatic heterocycles. The number of hydrogen-bond acceptors (Lipinski definition) is 9. The highest BCUT2D eigenvalue weighted by atomic mass is 32.2. The van der Waals surface area contributed by atoms with Crippen LogP contribution in [0.15, 0.2) is 41.3 Å². The lowest BCUT2D eigenvalue weighted by Gasteiger charge is -2.36. The molecule has 1 N–H and O–H groups in total. The molecule has 2 aromatic carbocycles. The van der Waals surface area contributed by atoms with Gasteiger partial charge in [-0.3, -0.25) is 14.5 Å². The number of nitrogens with one attached hydrogen (secondary N) is 1. The lowest BCUT2D eigenvalue weighted by atomic mass is 9.69. The average molecular weight is 648 g/mol. The van der Waals surface area contributed by atoms with Gasteiger partial charge in [0, 0.05) is 33.4 Å². The fourth-order valence-corrected chi connectivity index (χ4v) is 7.70. The number of benzene rings is 2. The number of sulfonamides is 1. The van der Waals surface area contributed by atoms with Crippen LogP contribution in [0.5, 0.6) is 11.5 Å². The Morgan fingerprint density at radius 3 is 2.49 bits per heavy atom. The standard InChI is InChI=1S/C33H45N3O8S/c1-6-43-25-8-9-27-26(22-25)33(13-11-24(12-14-33)44-20-17-35-15-18-42-19-16-35)31(38)36(27)45(39,40)29-10-7-23(21-28(29)41-5)30(37)34-32(2,3)4/h7-10,21-22,24H,6,11-20H2,1-5H3,(H,34,37)/i17D2,20D2. The summed E-state index contributed by atoms with van der Waals surface area (Å²) >= 11 is 0. The predicted molar refractivity (Wildman–Crippen MR) is 170 cm³/mol. The third-order valence-corrected chi connectivity index (χ3v) is 10.0. The maximum Gasteiger partial charge on any atom is 0.274 e. The van der Waals surface area contributed by atoms with Crippen molar-refractivity contribution in [1.82, 2.24) is 10.2 Å². The van der Waals surface area contributed by atoms with Crippen molar-refractivity contribution < 1.29 is 42.4 Å². The highest BCUT2D eigenvalue weighted by molar-refractivity contribution is 7.93. The molecule has 0 atom stereocenters. The second-order valence-electron chi connectivity index (χ2n) is 12.5. The summed E-state index contributed by atoms with van der Waals surface area (Å²) in [5.41, 5.74) is -0.990. The molecule has 2 aromatic rings. The summed E-state index contributed by atoms with van der Waals surface area (Å²) in [6.45, 7) is 3.55. The maximum atomic E-state index is 14.5. The van der Waals surface area contributed by atoms with Gasteiger partial charge in [0.1, 0.15) is 16.4 Å². The smallest absolute Gasteiger partial charge is 0.274 e. The Morgan fingerprint density at radius 1 is 1.13 bits per heavy atom. The van der Waals surface area contributed by atoms with E-state index >= 15 is 0 Å². The van der Waals surface area contributed by atoms with Crippen molar-refractivity contribution in [3.63, 3.8) is 0 Å². The van der Waals surface area contributed by atoms with Crippen LogP contribution in [0.2, 0.25) is 0 Å². The van der Waals surface area contributed by atoms with Crippen molar-refractivity contribution in [3.05, 3.63) is 47.5 Å². The Balaban J connectivity index is 1.45. The van der Waals surface area contributed by atoms with Gasteiger partial charge < -0.3 is 24.3 Å². The van der Waals surface area contributed by atoms with Crippen LogP contribution < -0.4 is 19.1 Å². The number of methoxy groups -OCH3 is 1. The van der Waals surface area contributed by atoms with Gasteiger partial charge in [-0.2, -0.15) is 0 Å². The van der Waals surface area contributed by atoms with E-state index in [0.717, 1.165) is 4.31 Å². The lowest BCUT2D eigenvalue weighted by Crippen LogP contribution is -2.46. The van der Waals surface area contributed by atoms with E-state index < -0.39 is 52.0 Å². The molecule has 2 amide bonds. The van der Waals surface area contributed by atoms with E-state index in [0.29, 0.717) is 17.9 Å². The molecule has 0 aromatic heterocycles. The Hall–Kier alpha value is -3.19. The molecule has 0 bridgehead atoms. The van der Waals surface area contributed by atoms with Crippen LogP contribution in [-0.2, 0) is 29.7 Å². The predicted octanol–water partition coefficient (Wildman–Crippen LogP) is 3.89. The molecule has 0 radical (unpaired) electrons. The van der Waals surface area contributed by atoms with Crippen molar-refractivity contribution >= 4 is 27.5 Å². The van der Waals surface area contributed by atoms with Gasteiger partial charge in [-0.05, 0) is 95.3 Å². The van der Waals surface area contributed by atoms with Crippen molar-refractivity contribution in [3.8, 4) is 11.5 Å². The molecule has 45 heavy (non-hydrogen) atoms. The zero-order chi connectivity index (χ0) is 36.0. The average Bonchev–Trinajstić information content (AvgIpc) is 3.28. The lowest BCUT2D eigenvalue weighted by molar-refractivity contribution is -0.124. The quantitative estimate of drug-likeness (QED) is 0.409. The molecule has 11 nitrogen and oxygen atoms in total. The first-order valence-electron chi connectivity index (χ1n) is 17.3. The molecule has 2 heterocycles. The van der Waals surface area contributed by atoms with Gasteiger partial charge in [-0.1, -0.05) is 0 Å². The fourth-order valence-electron chi connectivity index (χ4n) is 6.06. The van der Waals surface area contributed by atoms with Crippen LogP contribution >= 0.6 is 0 Å². The monoisotopic (exact) mass is 647 g/mol. The molecule has 5 rings (SSSR count). The Bertz CT molecular complexity index is 1680. The first-order chi connectivity index (χ1) is 22.9. The molecule has 1 aliphatic carbocycles. The van der Waals surface area contributed by atoms with Gasteiger partial charge in [0.25, 0.3) is 21.8 Å². The van der Waals surface area contributed by atoms with Crippen LogP contribution in [0.25, 0.3) is 0 Å². The van der Waals surface area contributed by atoms with E-state index in [1.165, 1.54) is 30.2 Å². The van der Waals surface area contributed by atoms with Gasteiger partial charge >= 0.3 is 0 Å². The first kappa shape index (κ1) is 28.1. The molecule has 0 unspecified atom stereocenters. The number of rotatable bonds is 10. The minimum atomic E-state index is -4.57. The fraction of sp³-hybridized carbons (Fsp3) is 0.576. The summed E-state index contributed by atoms with van der Waals surface area (Å²) in [5, 5.41) is 2.83. The highest BCUT2D eigenvalue weighted by Crippen LogP contribution is 2.53. The van der Waals surface area contributed by atoms with Gasteiger partial charge in [-0.15, -0.1) is 0 Å². The third kappa shape index (κ3) is 6.84. The van der Waals surface area contributed by atoms with Crippen molar-refractivity contribution in [2.45, 2.75) is 75.3 Å². The Morgan fingerprint density at radius 2 is 1.84 bits per heavy atom. The molecule has 3 aliphatic rings. The molecular formula is C33H45N3O8S. The number of hydrogen-bond donors (Lipinski definition) is 1. The van der Waals surface area contributed by atoms with E-state index in [1.54, 1.807) is 18.2 Å². The molecular weight excluding hydrogens is 598 g/mol. The SMILES string of the molecule is [2H]C([2H])(OC1CCC2(CC1)C(=O)N(S(=O)(=O)c1ccc(C(=O)NC(C)(C)C)cc1OC)c1ccc(OCC)cc12)C([2H])([2H])N1CCOCC1. The van der Waals surface area contributed by atoms with Gasteiger partial charge in [0.2, 0.25) is 0 Å². The number of carbonyl (C=O) groups excluding carboxylic acids is 2. The van der Waals surface area contributed by atoms with Crippen LogP contribution in [0.4, 0.5) is 5.69 Å². The first-order valence-corrected chi connectivity index (χ1v) is 16.7. The summed E-state index contributed by atoms with van der Waals surface area (Å²) < 4.78 is 86.1. The summed E-state index contributed by atoms with van der Waals surface area (Å²) in [5.74, 6) is -0.719. The van der Waals surface area contributed by atoms with E-state index in [1.807, 2.05) is 27.7 Å². The highest BCUT2D eigenvalue weighted by Gasteiger charge is 2.56. The topological polar surface area (TPSA) is 124 Å². The molecule has 1 saturated heterocycles. The summed E-state index contributed by atoms with van der Waals surface area (Å²) in [7, 11) is -3.28. The Kier molecular flexibility index (Phi) is 8.28. The largest absolute Gasteiger partial charge is 0.495 e. The number of nitrogens with zero attached hydrogens (tertiary/aromatic N) is 2. The second-order valence-corrected chi connectivity index (χ2v) is 14.2. The van der Waals surface area contributed by atoms with Crippen LogP contribution in [0.3, 0.4) is 0 Å². The minimum absolute atomic E-state index is 0.100. The van der Waals surface area contributed by atoms with Gasteiger partial charge in [0.05, 0.1) is 53.4 Å². The molecule has 2 fully saturated rings. The Labute approximate surface area is 271 Å². The van der Waals surface area contributed by atoms with Crippen LogP contribution in [0, 0.1) is 0 Å². The number of amides is 2. The third-order valence-electron chi connectivity index (χ3n) is 8.27. The number of fused-ring (bicyclic) bond motifs is 2. The van der Waals surface area contributed by atoms with Crippen LogP contribution in [0.1, 0.15) is 74.8 Å². The van der Waals surface area contributed by atoms with E-state index in [4.69, 9.17) is 24.4 Å². The number of ether oxygens (including phenoxy) is 4. The minimum Gasteiger partial charge on any atom is -0.495 e. The van der Waals surface area contributed by atoms with E-state index in [2.05, 4.69) is 5.32 Å². The number of morpholine rings is 1. The van der Waals surface area contributed by atoms with Gasteiger partial charge in [-0.25, -0.2) is 12.7 Å². The van der Waals surface area contributed by atoms with Crippen molar-refractivity contribution in [2.75, 3.05) is 57.4 Å². The normalized spacial score (nSPS) is 24.3. The van der Waals surface area contributed by atoms with E-state index in [9.17, 15) is 18.0 Å². The van der Waals surface area contributed by atoms with Crippen molar-refractivity contribution in [1.29, 1.82) is 0 Å². The zero-order valence-corrected chi connectivity index (χ0v) is 27.3.